The highest BCUT2D eigenvalue weighted by atomic mass is 32.2. The number of ether oxygens (including phenoxy) is 1. The van der Waals surface area contributed by atoms with Crippen LogP contribution in [-0.2, 0) is 10.0 Å². The number of Topliss-reactive ketones (excluding diaryl/α,β-unsaturated/α-hetero) is 1. The molecule has 1 aliphatic heterocycles. The van der Waals surface area contributed by atoms with Crippen molar-refractivity contribution in [2.75, 3.05) is 32.1 Å². The number of anilines is 1. The number of hydrogen-bond donors (Lipinski definition) is 1. The quantitative estimate of drug-likeness (QED) is 0.738. The van der Waals surface area contributed by atoms with Gasteiger partial charge in [0.15, 0.2) is 5.78 Å². The van der Waals surface area contributed by atoms with Crippen LogP contribution in [-0.4, -0.2) is 45.3 Å². The van der Waals surface area contributed by atoms with Crippen molar-refractivity contribution in [3.63, 3.8) is 0 Å². The molecule has 0 spiro atoms. The van der Waals surface area contributed by atoms with Gasteiger partial charge in [0.05, 0.1) is 18.6 Å². The summed E-state index contributed by atoms with van der Waals surface area (Å²) in [5, 5.41) is 3.02. The van der Waals surface area contributed by atoms with E-state index >= 15 is 0 Å². The number of sulfonamides is 1. The highest BCUT2D eigenvalue weighted by molar-refractivity contribution is 7.89. The topological polar surface area (TPSA) is 75.7 Å². The molecular weight excluding hydrogens is 364 g/mol. The standard InChI is InChI=1S/C20H24N2O4S/c1-26-18-10-8-16(9-11-18)20(23)15-21-17-6-5-7-19(14-17)27(24,25)22-12-3-2-4-13-22/h5-11,14,21H,2-4,12-13,15H2,1H3. The molecular formula is C20H24N2O4S. The van der Waals surface area contributed by atoms with Crippen LogP contribution in [0.15, 0.2) is 53.4 Å². The molecule has 1 aliphatic rings. The number of carbonyl (C=O) groups is 1. The molecule has 0 radical (unpaired) electrons. The number of rotatable bonds is 7. The summed E-state index contributed by atoms with van der Waals surface area (Å²) in [7, 11) is -1.92. The lowest BCUT2D eigenvalue weighted by atomic mass is 10.1. The molecule has 7 heteroatoms. The second-order valence-electron chi connectivity index (χ2n) is 6.50. The molecule has 2 aromatic carbocycles. The first-order valence-corrected chi connectivity index (χ1v) is 10.5. The van der Waals surface area contributed by atoms with E-state index in [1.54, 1.807) is 55.6 Å². The highest BCUT2D eigenvalue weighted by Crippen LogP contribution is 2.23. The van der Waals surface area contributed by atoms with Crippen LogP contribution in [0.25, 0.3) is 0 Å². The number of hydrogen-bond acceptors (Lipinski definition) is 5. The van der Waals surface area contributed by atoms with E-state index in [2.05, 4.69) is 5.32 Å². The molecule has 1 fully saturated rings. The van der Waals surface area contributed by atoms with Gasteiger partial charge in [0.1, 0.15) is 5.75 Å². The Morgan fingerprint density at radius 1 is 1.07 bits per heavy atom. The van der Waals surface area contributed by atoms with Gasteiger partial charge >= 0.3 is 0 Å². The van der Waals surface area contributed by atoms with Crippen molar-refractivity contribution in [3.05, 3.63) is 54.1 Å². The maximum absolute atomic E-state index is 12.8. The smallest absolute Gasteiger partial charge is 0.243 e. The van der Waals surface area contributed by atoms with Crippen LogP contribution in [0.5, 0.6) is 5.75 Å². The van der Waals surface area contributed by atoms with Crippen molar-refractivity contribution in [2.24, 2.45) is 0 Å². The average molecular weight is 388 g/mol. The molecule has 1 heterocycles. The van der Waals surface area contributed by atoms with Gasteiger partial charge in [0, 0.05) is 24.3 Å². The molecule has 0 saturated carbocycles. The van der Waals surface area contributed by atoms with Crippen molar-refractivity contribution >= 4 is 21.5 Å². The van der Waals surface area contributed by atoms with Crippen LogP contribution in [0, 0.1) is 0 Å². The van der Waals surface area contributed by atoms with E-state index in [4.69, 9.17) is 4.74 Å². The molecule has 1 N–H and O–H groups in total. The molecule has 0 bridgehead atoms. The minimum atomic E-state index is -3.49. The lowest BCUT2D eigenvalue weighted by Gasteiger charge is -2.26. The van der Waals surface area contributed by atoms with Gasteiger partial charge in [-0.3, -0.25) is 4.79 Å². The molecule has 0 unspecified atom stereocenters. The average Bonchev–Trinajstić information content (AvgIpc) is 2.73. The van der Waals surface area contributed by atoms with Crippen LogP contribution in [0.2, 0.25) is 0 Å². The minimum Gasteiger partial charge on any atom is -0.497 e. The number of nitrogens with zero attached hydrogens (tertiary/aromatic N) is 1. The van der Waals surface area contributed by atoms with Crippen molar-refractivity contribution in [1.29, 1.82) is 0 Å². The third-order valence-electron chi connectivity index (χ3n) is 4.65. The van der Waals surface area contributed by atoms with Crippen LogP contribution in [0.3, 0.4) is 0 Å². The highest BCUT2D eigenvalue weighted by Gasteiger charge is 2.25. The van der Waals surface area contributed by atoms with Gasteiger partial charge in [-0.2, -0.15) is 4.31 Å². The monoisotopic (exact) mass is 388 g/mol. The largest absolute Gasteiger partial charge is 0.497 e. The van der Waals surface area contributed by atoms with Crippen LogP contribution in [0.1, 0.15) is 29.6 Å². The summed E-state index contributed by atoms with van der Waals surface area (Å²) in [4.78, 5) is 12.6. The second-order valence-corrected chi connectivity index (χ2v) is 8.44. The Morgan fingerprint density at radius 3 is 2.44 bits per heavy atom. The predicted octanol–water partition coefficient (Wildman–Crippen LogP) is 3.16. The first-order chi connectivity index (χ1) is 13.0. The first-order valence-electron chi connectivity index (χ1n) is 9.02. The summed E-state index contributed by atoms with van der Waals surface area (Å²) >= 11 is 0. The molecule has 0 aliphatic carbocycles. The zero-order chi connectivity index (χ0) is 19.3. The van der Waals surface area contributed by atoms with Crippen molar-refractivity contribution in [3.8, 4) is 5.75 Å². The molecule has 6 nitrogen and oxygen atoms in total. The lowest BCUT2D eigenvalue weighted by molar-refractivity contribution is 0.101. The Bertz CT molecular complexity index is 888. The summed E-state index contributed by atoms with van der Waals surface area (Å²) in [5.74, 6) is 0.608. The molecule has 1 saturated heterocycles. The second kappa shape index (κ2) is 8.54. The van der Waals surface area contributed by atoms with E-state index in [9.17, 15) is 13.2 Å². The van der Waals surface area contributed by atoms with E-state index in [0.29, 0.717) is 30.1 Å². The Balaban J connectivity index is 1.67. The number of benzene rings is 2. The molecule has 0 atom stereocenters. The zero-order valence-electron chi connectivity index (χ0n) is 15.3. The van der Waals surface area contributed by atoms with Crippen molar-refractivity contribution in [2.45, 2.75) is 24.2 Å². The molecule has 144 valence electrons. The summed E-state index contributed by atoms with van der Waals surface area (Å²) < 4.78 is 32.2. The molecule has 3 rings (SSSR count). The maximum Gasteiger partial charge on any atom is 0.243 e. The van der Waals surface area contributed by atoms with Crippen molar-refractivity contribution in [1.82, 2.24) is 4.31 Å². The van der Waals surface area contributed by atoms with Gasteiger partial charge in [-0.15, -0.1) is 0 Å². The summed E-state index contributed by atoms with van der Waals surface area (Å²) in [6.07, 6.45) is 2.86. The molecule has 0 aromatic heterocycles. The van der Waals surface area contributed by atoms with Gasteiger partial charge < -0.3 is 10.1 Å². The van der Waals surface area contributed by atoms with Gasteiger partial charge in [-0.1, -0.05) is 12.5 Å². The molecule has 2 aromatic rings. The fourth-order valence-electron chi connectivity index (χ4n) is 3.08. The Labute approximate surface area is 160 Å². The van der Waals surface area contributed by atoms with Crippen molar-refractivity contribution < 1.29 is 17.9 Å². The van der Waals surface area contributed by atoms with Crippen LogP contribution < -0.4 is 10.1 Å². The number of piperidine rings is 1. The third kappa shape index (κ3) is 4.67. The van der Waals surface area contributed by atoms with Crippen LogP contribution >= 0.6 is 0 Å². The van der Waals surface area contributed by atoms with Gasteiger partial charge in [-0.05, 0) is 55.3 Å². The third-order valence-corrected chi connectivity index (χ3v) is 6.55. The Kier molecular flexibility index (Phi) is 6.13. The van der Waals surface area contributed by atoms with E-state index in [-0.39, 0.29) is 17.2 Å². The van der Waals surface area contributed by atoms with Gasteiger partial charge in [0.2, 0.25) is 10.0 Å². The number of methoxy groups -OCH3 is 1. The van der Waals surface area contributed by atoms with Gasteiger partial charge in [-0.25, -0.2) is 8.42 Å². The van der Waals surface area contributed by atoms with E-state index < -0.39 is 10.0 Å². The maximum atomic E-state index is 12.8. The summed E-state index contributed by atoms with van der Waals surface area (Å²) in [5.41, 5.74) is 1.18. The SMILES string of the molecule is COc1ccc(C(=O)CNc2cccc(S(=O)(=O)N3CCCCC3)c2)cc1. The van der Waals surface area contributed by atoms with E-state index in [1.165, 1.54) is 4.31 Å². The van der Waals surface area contributed by atoms with E-state index in [1.807, 2.05) is 0 Å². The summed E-state index contributed by atoms with van der Waals surface area (Å²) in [6.45, 7) is 1.21. The van der Waals surface area contributed by atoms with Crippen LogP contribution in [0.4, 0.5) is 5.69 Å². The molecule has 0 amide bonds. The summed E-state index contributed by atoms with van der Waals surface area (Å²) in [6, 6.07) is 13.5. The first kappa shape index (κ1) is 19.4. The number of nitrogens with one attached hydrogen (secondary N) is 1. The zero-order valence-corrected chi connectivity index (χ0v) is 16.2. The number of carbonyl (C=O) groups excluding carboxylic acids is 1. The minimum absolute atomic E-state index is 0.0815. The fourth-order valence-corrected chi connectivity index (χ4v) is 4.65. The predicted molar refractivity (Wildman–Crippen MR) is 105 cm³/mol. The number of ketones is 1. The normalized spacial score (nSPS) is 15.3. The Hall–Kier alpha value is -2.38. The fraction of sp³-hybridized carbons (Fsp3) is 0.350. The molecule has 27 heavy (non-hydrogen) atoms. The van der Waals surface area contributed by atoms with Gasteiger partial charge in [0.25, 0.3) is 0 Å². The Morgan fingerprint density at radius 2 is 1.78 bits per heavy atom. The lowest BCUT2D eigenvalue weighted by Crippen LogP contribution is -2.35. The van der Waals surface area contributed by atoms with E-state index in [0.717, 1.165) is 19.3 Å².